The van der Waals surface area contributed by atoms with Gasteiger partial charge in [0.05, 0.1) is 24.9 Å². The number of amides is 1. The van der Waals surface area contributed by atoms with E-state index >= 15 is 0 Å². The molecule has 3 fully saturated rings. The molecule has 1 aromatic heterocycles. The molecule has 15 heteroatoms. The van der Waals surface area contributed by atoms with E-state index in [0.717, 1.165) is 6.92 Å². The zero-order valence-corrected chi connectivity index (χ0v) is 32.2. The summed E-state index contributed by atoms with van der Waals surface area (Å²) in [5.41, 5.74) is -6.69. The van der Waals surface area contributed by atoms with Gasteiger partial charge in [0, 0.05) is 92.4 Å². The summed E-state index contributed by atoms with van der Waals surface area (Å²) in [4.78, 5) is 38.5. The average Bonchev–Trinajstić information content (AvgIpc) is 3.48. The third-order valence-electron chi connectivity index (χ3n) is 10.9. The smallest absolute Gasteiger partial charge is 0.338 e. The second kappa shape index (κ2) is 13.0. The van der Waals surface area contributed by atoms with Gasteiger partial charge in [-0.25, -0.2) is 4.79 Å². The Balaban J connectivity index is 0.00000480. The molecule has 2 saturated carbocycles. The fourth-order valence-electron chi connectivity index (χ4n) is 8.36. The monoisotopic (exact) mass is 880 g/mol. The molecule has 2 bridgehead atoms. The maximum atomic E-state index is 13.5. The molecular formula is C31H43AcNO12S. The maximum absolute atomic E-state index is 13.5. The van der Waals surface area contributed by atoms with E-state index in [1.807, 2.05) is 0 Å². The van der Waals surface area contributed by atoms with E-state index in [-0.39, 0.29) is 68.2 Å². The summed E-state index contributed by atoms with van der Waals surface area (Å²) in [7, 11) is 0. The predicted molar refractivity (Wildman–Crippen MR) is 157 cm³/mol. The number of hydrogen-bond acceptors (Lipinski definition) is 13. The van der Waals surface area contributed by atoms with Crippen molar-refractivity contribution in [3.05, 3.63) is 33.5 Å². The quantitative estimate of drug-likeness (QED) is 0.147. The normalized spacial score (nSPS) is 40.7. The number of thiophene rings is 1. The molecule has 0 spiro atoms. The summed E-state index contributed by atoms with van der Waals surface area (Å²) in [6.45, 7) is 8.36. The fraction of sp³-hybridized carbons (Fsp3) is 0.710. The van der Waals surface area contributed by atoms with E-state index in [1.165, 1.54) is 25.2 Å². The second-order valence-corrected chi connectivity index (χ2v) is 14.7. The SMILES string of the molecule is CC(=O)N[C@@H](c1cccs1)[C@@H](O)C(=O)O[C@H]1C[C@@]2(O)[C@@H](OC(C)=O)[C@@H]3[C@]4(O)CO[C@@H]4C[C@H](O)[C@@]3(C)[C@H](O)[C@H](O)C(=C1C)C2(C)C.[Ac]. The predicted octanol–water partition coefficient (Wildman–Crippen LogP) is -0.140. The first-order valence-electron chi connectivity index (χ1n) is 15.0. The number of ether oxygens (including phenoxy) is 3. The Bertz CT molecular complexity index is 1390. The van der Waals surface area contributed by atoms with Gasteiger partial charge in [0.25, 0.3) is 0 Å². The number of aliphatic hydroxyl groups excluding tert-OH is 4. The molecule has 3 aliphatic carbocycles. The van der Waals surface area contributed by atoms with E-state index in [4.69, 9.17) is 14.2 Å². The summed E-state index contributed by atoms with van der Waals surface area (Å²) >= 11 is 1.21. The molecule has 1 radical (unpaired) electrons. The fourth-order valence-corrected chi connectivity index (χ4v) is 9.16. The van der Waals surface area contributed by atoms with E-state index in [0.29, 0.717) is 4.88 Å². The molecule has 46 heavy (non-hydrogen) atoms. The Hall–Kier alpha value is -0.988. The number of carbonyl (C=O) groups excluding carboxylic acids is 3. The Morgan fingerprint density at radius 2 is 1.76 bits per heavy atom. The zero-order chi connectivity index (χ0) is 33.4. The topological polar surface area (TPSA) is 212 Å². The zero-order valence-electron chi connectivity index (χ0n) is 26.7. The maximum Gasteiger partial charge on any atom is 0.338 e. The third-order valence-corrected chi connectivity index (χ3v) is 11.9. The summed E-state index contributed by atoms with van der Waals surface area (Å²) in [5.74, 6) is -3.78. The van der Waals surface area contributed by atoms with Crippen molar-refractivity contribution in [1.82, 2.24) is 5.32 Å². The number of fused-ring (bicyclic) bond motifs is 5. The minimum atomic E-state index is -2.16. The number of aliphatic hydroxyl groups is 6. The van der Waals surface area contributed by atoms with Crippen molar-refractivity contribution in [3.8, 4) is 0 Å². The van der Waals surface area contributed by atoms with Crippen LogP contribution in [-0.2, 0) is 28.6 Å². The van der Waals surface area contributed by atoms with Gasteiger partial charge in [-0.1, -0.05) is 26.8 Å². The molecular weight excluding hydrogens is 837 g/mol. The van der Waals surface area contributed by atoms with Crippen LogP contribution in [0.2, 0.25) is 0 Å². The number of esters is 2. The molecule has 2 heterocycles. The van der Waals surface area contributed by atoms with Crippen LogP contribution < -0.4 is 5.32 Å². The van der Waals surface area contributed by atoms with Gasteiger partial charge in [-0.3, -0.25) is 9.59 Å². The molecule has 5 rings (SSSR count). The van der Waals surface area contributed by atoms with Gasteiger partial charge in [-0.05, 0) is 29.5 Å². The van der Waals surface area contributed by atoms with Crippen LogP contribution in [-0.4, -0.2) is 109 Å². The summed E-state index contributed by atoms with van der Waals surface area (Å²) in [5, 5.41) is 75.2. The Kier molecular flexibility index (Phi) is 10.7. The molecule has 4 aliphatic rings. The van der Waals surface area contributed by atoms with Crippen LogP contribution in [0.1, 0.15) is 65.3 Å². The van der Waals surface area contributed by atoms with Gasteiger partial charge in [-0.15, -0.1) is 11.3 Å². The molecule has 253 valence electrons. The first kappa shape index (κ1) is 37.8. The molecule has 7 N–H and O–H groups in total. The first-order chi connectivity index (χ1) is 20.8. The van der Waals surface area contributed by atoms with E-state index in [2.05, 4.69) is 5.32 Å². The van der Waals surface area contributed by atoms with Gasteiger partial charge >= 0.3 is 11.9 Å². The molecule has 1 saturated heterocycles. The number of nitrogens with one attached hydrogen (secondary N) is 1. The van der Waals surface area contributed by atoms with Gasteiger partial charge in [-0.2, -0.15) is 0 Å². The van der Waals surface area contributed by atoms with E-state index in [1.54, 1.807) is 38.3 Å². The minimum absolute atomic E-state index is 0. The standard InChI is InChI=1S/C31H43NO12S.Ac/c1-13-16(44-27(39)23(37)21(32-14(2)33)17-8-7-9-45-17)11-31(41)26(43-15(3)34)24-29(6,18(35)10-19-30(24,40)12-42-19)25(38)22(36)20(13)28(31,4)5;/h7-9,16,18-19,21-26,35-38,40-41H,10-12H2,1-6H3,(H,32,33);/t16-,18-,19+,21-,22+,23+,24-,25+,26-,29+,30-,31+;/m0./s1. The van der Waals surface area contributed by atoms with E-state index in [9.17, 15) is 45.0 Å². The molecule has 12 atom stereocenters. The van der Waals surface area contributed by atoms with Crippen LogP contribution in [0.15, 0.2) is 28.7 Å². The average molecular weight is 881 g/mol. The van der Waals surface area contributed by atoms with Crippen LogP contribution in [0.5, 0.6) is 0 Å². The van der Waals surface area contributed by atoms with Crippen molar-refractivity contribution in [1.29, 1.82) is 0 Å². The molecule has 1 amide bonds. The van der Waals surface area contributed by atoms with Crippen LogP contribution in [0.25, 0.3) is 0 Å². The molecule has 0 unspecified atom stereocenters. The Morgan fingerprint density at radius 1 is 1.11 bits per heavy atom. The van der Waals surface area contributed by atoms with Gasteiger partial charge in [0.1, 0.15) is 35.6 Å². The van der Waals surface area contributed by atoms with Crippen molar-refractivity contribution in [2.45, 2.75) is 114 Å². The molecule has 1 aromatic rings. The van der Waals surface area contributed by atoms with Crippen molar-refractivity contribution in [2.24, 2.45) is 16.7 Å². The second-order valence-electron chi connectivity index (χ2n) is 13.7. The van der Waals surface area contributed by atoms with Crippen molar-refractivity contribution in [3.63, 3.8) is 0 Å². The largest absolute Gasteiger partial charge is 0.459 e. The number of carbonyl (C=O) groups is 3. The molecule has 1 aliphatic heterocycles. The molecule has 0 aromatic carbocycles. The Labute approximate surface area is 306 Å². The van der Waals surface area contributed by atoms with Crippen LogP contribution in [0.3, 0.4) is 0 Å². The number of rotatable bonds is 6. The van der Waals surface area contributed by atoms with Crippen LogP contribution in [0.4, 0.5) is 0 Å². The number of hydrogen-bond donors (Lipinski definition) is 7. The summed E-state index contributed by atoms with van der Waals surface area (Å²) in [6.07, 6.45) is -10.9. The minimum Gasteiger partial charge on any atom is -0.459 e. The molecule has 13 nitrogen and oxygen atoms in total. The van der Waals surface area contributed by atoms with E-state index < -0.39 is 101 Å². The van der Waals surface area contributed by atoms with Gasteiger partial charge < -0.3 is 50.2 Å². The van der Waals surface area contributed by atoms with Crippen molar-refractivity contribution >= 4 is 29.2 Å². The first-order valence-corrected chi connectivity index (χ1v) is 15.9. The summed E-state index contributed by atoms with van der Waals surface area (Å²) in [6, 6.07) is 2.20. The van der Waals surface area contributed by atoms with Gasteiger partial charge in [0.2, 0.25) is 5.91 Å². The van der Waals surface area contributed by atoms with Crippen LogP contribution >= 0.6 is 11.3 Å². The third kappa shape index (κ3) is 5.64. The van der Waals surface area contributed by atoms with Crippen molar-refractivity contribution in [2.75, 3.05) is 6.61 Å². The summed E-state index contributed by atoms with van der Waals surface area (Å²) < 4.78 is 17.2. The van der Waals surface area contributed by atoms with Crippen molar-refractivity contribution < 1.29 is 103 Å². The van der Waals surface area contributed by atoms with Crippen LogP contribution in [0, 0.1) is 60.8 Å². The Morgan fingerprint density at radius 3 is 2.28 bits per heavy atom. The van der Waals surface area contributed by atoms with Gasteiger partial charge in [0.15, 0.2) is 6.10 Å².